The molecule has 0 bridgehead atoms. The Morgan fingerprint density at radius 2 is 1.83 bits per heavy atom. The normalized spacial score (nSPS) is 19.8. The van der Waals surface area contributed by atoms with E-state index in [1.807, 2.05) is 0 Å². The largest absolute Gasteiger partial charge is 0.490 e. The highest BCUT2D eigenvalue weighted by atomic mass is 19.4. The minimum absolute atomic E-state index is 0.118. The van der Waals surface area contributed by atoms with Gasteiger partial charge in [0.05, 0.1) is 6.10 Å². The van der Waals surface area contributed by atoms with Crippen molar-refractivity contribution in [2.45, 2.75) is 63.6 Å². The molecule has 0 aromatic carbocycles. The standard InChI is InChI=1S/C17H20F3N3O/c18-17(19,20)15-13(24-12-4-2-1-3-5-12)8-9-23-14(10-11-6-7-11)21-22-16(15)23/h8-9,11-12H,1-7,10H2. The van der Waals surface area contributed by atoms with Gasteiger partial charge in [-0.3, -0.25) is 4.40 Å². The Labute approximate surface area is 138 Å². The first kappa shape index (κ1) is 15.7. The van der Waals surface area contributed by atoms with Crippen LogP contribution in [0.3, 0.4) is 0 Å². The van der Waals surface area contributed by atoms with Gasteiger partial charge >= 0.3 is 6.18 Å². The molecule has 2 aliphatic rings. The van der Waals surface area contributed by atoms with Crippen LogP contribution in [0.1, 0.15) is 56.3 Å². The van der Waals surface area contributed by atoms with Gasteiger partial charge in [0.15, 0.2) is 5.65 Å². The average molecular weight is 339 g/mol. The third-order valence-electron chi connectivity index (χ3n) is 4.91. The SMILES string of the molecule is FC(F)(F)c1c(OC2CCCCC2)ccn2c(CC3CC3)nnc12. The van der Waals surface area contributed by atoms with Crippen LogP contribution in [-0.4, -0.2) is 20.7 Å². The summed E-state index contributed by atoms with van der Waals surface area (Å²) in [5, 5.41) is 7.83. The number of fused-ring (bicyclic) bond motifs is 1. The van der Waals surface area contributed by atoms with Gasteiger partial charge in [0, 0.05) is 12.6 Å². The molecule has 0 aliphatic heterocycles. The first-order valence-electron chi connectivity index (χ1n) is 8.63. The zero-order valence-electron chi connectivity index (χ0n) is 13.4. The van der Waals surface area contributed by atoms with Crippen molar-refractivity contribution in [2.75, 3.05) is 0 Å². The molecule has 0 saturated heterocycles. The minimum Gasteiger partial charge on any atom is -0.490 e. The number of hydrogen-bond donors (Lipinski definition) is 0. The first-order chi connectivity index (χ1) is 11.5. The molecule has 2 aromatic heterocycles. The third-order valence-corrected chi connectivity index (χ3v) is 4.91. The molecule has 2 fully saturated rings. The van der Waals surface area contributed by atoms with E-state index in [4.69, 9.17) is 4.74 Å². The van der Waals surface area contributed by atoms with Gasteiger partial charge in [-0.2, -0.15) is 13.2 Å². The van der Waals surface area contributed by atoms with Gasteiger partial charge in [-0.1, -0.05) is 6.42 Å². The van der Waals surface area contributed by atoms with Gasteiger partial charge in [0.2, 0.25) is 0 Å². The summed E-state index contributed by atoms with van der Waals surface area (Å²) in [4.78, 5) is 0. The summed E-state index contributed by atoms with van der Waals surface area (Å²) in [7, 11) is 0. The van der Waals surface area contributed by atoms with Crippen LogP contribution in [-0.2, 0) is 12.6 Å². The zero-order chi connectivity index (χ0) is 16.7. The van der Waals surface area contributed by atoms with Crippen LogP contribution in [0.4, 0.5) is 13.2 Å². The van der Waals surface area contributed by atoms with Crippen molar-refractivity contribution in [1.82, 2.24) is 14.6 Å². The fourth-order valence-corrected chi connectivity index (χ4v) is 3.43. The number of rotatable bonds is 4. The lowest BCUT2D eigenvalue weighted by atomic mass is 9.98. The van der Waals surface area contributed by atoms with E-state index < -0.39 is 11.7 Å². The number of alkyl halides is 3. The molecule has 2 saturated carbocycles. The Morgan fingerprint density at radius 3 is 2.50 bits per heavy atom. The van der Waals surface area contributed by atoms with Crippen LogP contribution >= 0.6 is 0 Å². The van der Waals surface area contributed by atoms with E-state index >= 15 is 0 Å². The Balaban J connectivity index is 1.72. The molecule has 0 N–H and O–H groups in total. The fraction of sp³-hybridized carbons (Fsp3) is 0.647. The van der Waals surface area contributed by atoms with E-state index in [-0.39, 0.29) is 17.5 Å². The van der Waals surface area contributed by atoms with Gasteiger partial charge < -0.3 is 4.74 Å². The molecular weight excluding hydrogens is 319 g/mol. The number of pyridine rings is 1. The van der Waals surface area contributed by atoms with Crippen LogP contribution in [0.2, 0.25) is 0 Å². The lowest BCUT2D eigenvalue weighted by Crippen LogP contribution is -2.22. The van der Waals surface area contributed by atoms with E-state index in [1.165, 1.54) is 10.5 Å². The van der Waals surface area contributed by atoms with Gasteiger partial charge in [-0.15, -0.1) is 10.2 Å². The van der Waals surface area contributed by atoms with Crippen LogP contribution in [0, 0.1) is 5.92 Å². The van der Waals surface area contributed by atoms with E-state index in [0.29, 0.717) is 18.2 Å². The maximum atomic E-state index is 13.7. The molecule has 24 heavy (non-hydrogen) atoms. The number of aromatic nitrogens is 3. The van der Waals surface area contributed by atoms with Crippen molar-refractivity contribution in [1.29, 1.82) is 0 Å². The molecule has 4 nitrogen and oxygen atoms in total. The summed E-state index contributed by atoms with van der Waals surface area (Å²) < 4.78 is 48.2. The molecular formula is C17H20F3N3O. The van der Waals surface area contributed by atoms with Gasteiger partial charge in [-0.25, -0.2) is 0 Å². The Morgan fingerprint density at radius 1 is 1.08 bits per heavy atom. The summed E-state index contributed by atoms with van der Waals surface area (Å²) in [5.41, 5.74) is -0.948. The first-order valence-corrected chi connectivity index (χ1v) is 8.63. The topological polar surface area (TPSA) is 39.4 Å². The summed E-state index contributed by atoms with van der Waals surface area (Å²) in [6.45, 7) is 0. The van der Waals surface area contributed by atoms with Crippen molar-refractivity contribution < 1.29 is 17.9 Å². The quantitative estimate of drug-likeness (QED) is 0.828. The smallest absolute Gasteiger partial charge is 0.423 e. The summed E-state index contributed by atoms with van der Waals surface area (Å²) in [6, 6.07) is 1.42. The highest BCUT2D eigenvalue weighted by Crippen LogP contribution is 2.40. The van der Waals surface area contributed by atoms with Crippen LogP contribution in [0.5, 0.6) is 5.75 Å². The van der Waals surface area contributed by atoms with Gasteiger partial charge in [-0.05, 0) is 50.5 Å². The molecule has 4 rings (SSSR count). The van der Waals surface area contributed by atoms with Gasteiger partial charge in [0.1, 0.15) is 17.1 Å². The molecule has 130 valence electrons. The van der Waals surface area contributed by atoms with E-state index in [0.717, 1.165) is 44.9 Å². The second-order valence-corrected chi connectivity index (χ2v) is 6.89. The van der Waals surface area contributed by atoms with Crippen LogP contribution in [0.15, 0.2) is 12.3 Å². The zero-order valence-corrected chi connectivity index (χ0v) is 13.4. The maximum absolute atomic E-state index is 13.7. The molecule has 0 spiro atoms. The predicted molar refractivity (Wildman–Crippen MR) is 81.9 cm³/mol. The van der Waals surface area contributed by atoms with E-state index in [2.05, 4.69) is 10.2 Å². The minimum atomic E-state index is -4.52. The van der Waals surface area contributed by atoms with Crippen molar-refractivity contribution in [3.63, 3.8) is 0 Å². The Bertz CT molecular complexity index is 730. The molecule has 2 aromatic rings. The van der Waals surface area contributed by atoms with Gasteiger partial charge in [0.25, 0.3) is 0 Å². The highest BCUT2D eigenvalue weighted by molar-refractivity contribution is 5.56. The number of ether oxygens (including phenoxy) is 1. The fourth-order valence-electron chi connectivity index (χ4n) is 3.43. The Hall–Kier alpha value is -1.79. The molecule has 2 aliphatic carbocycles. The maximum Gasteiger partial charge on any atom is 0.423 e. The number of nitrogens with zero attached hydrogens (tertiary/aromatic N) is 3. The summed E-state index contributed by atoms with van der Waals surface area (Å²) in [6.07, 6.45) is 4.61. The average Bonchev–Trinajstić information content (AvgIpc) is 3.27. The molecule has 0 amide bonds. The lowest BCUT2D eigenvalue weighted by Gasteiger charge is -2.24. The van der Waals surface area contributed by atoms with Crippen molar-refractivity contribution in [2.24, 2.45) is 5.92 Å². The highest BCUT2D eigenvalue weighted by Gasteiger charge is 2.39. The lowest BCUT2D eigenvalue weighted by molar-refractivity contribution is -0.138. The monoisotopic (exact) mass is 339 g/mol. The second kappa shape index (κ2) is 5.93. The van der Waals surface area contributed by atoms with Crippen LogP contribution < -0.4 is 4.74 Å². The summed E-state index contributed by atoms with van der Waals surface area (Å²) in [5.74, 6) is 1.01. The molecule has 0 atom stereocenters. The molecule has 0 unspecified atom stereocenters. The third kappa shape index (κ3) is 3.08. The van der Waals surface area contributed by atoms with Crippen molar-refractivity contribution in [3.05, 3.63) is 23.7 Å². The van der Waals surface area contributed by atoms with Crippen LogP contribution in [0.25, 0.3) is 5.65 Å². The second-order valence-electron chi connectivity index (χ2n) is 6.89. The summed E-state index contributed by atoms with van der Waals surface area (Å²) >= 11 is 0. The predicted octanol–water partition coefficient (Wildman–Crippen LogP) is 4.41. The Kier molecular flexibility index (Phi) is 3.89. The van der Waals surface area contributed by atoms with Crippen molar-refractivity contribution in [3.8, 4) is 5.75 Å². The van der Waals surface area contributed by atoms with Crippen molar-refractivity contribution >= 4 is 5.65 Å². The molecule has 2 heterocycles. The molecule has 7 heteroatoms. The number of halogens is 3. The van der Waals surface area contributed by atoms with E-state index in [1.54, 1.807) is 6.20 Å². The molecule has 0 radical (unpaired) electrons. The van der Waals surface area contributed by atoms with E-state index in [9.17, 15) is 13.2 Å². The number of hydrogen-bond acceptors (Lipinski definition) is 3.